The lowest BCUT2D eigenvalue weighted by molar-refractivity contribution is 0.192. The van der Waals surface area contributed by atoms with Crippen LogP contribution < -0.4 is 4.74 Å². The summed E-state index contributed by atoms with van der Waals surface area (Å²) in [7, 11) is 1.67. The van der Waals surface area contributed by atoms with E-state index >= 15 is 0 Å². The third-order valence-corrected chi connectivity index (χ3v) is 4.25. The van der Waals surface area contributed by atoms with Crippen LogP contribution >= 0.6 is 0 Å². The minimum atomic E-state index is 0.0340. The lowest BCUT2D eigenvalue weighted by atomic mass is 9.96. The Bertz CT molecular complexity index is 769. The Morgan fingerprint density at radius 2 is 1.83 bits per heavy atom. The second-order valence-corrected chi connectivity index (χ2v) is 5.75. The van der Waals surface area contributed by atoms with E-state index in [4.69, 9.17) is 9.47 Å². The maximum absolute atomic E-state index is 6.33. The molecule has 2 heteroatoms. The maximum Gasteiger partial charge on any atom is 0.131 e. The summed E-state index contributed by atoms with van der Waals surface area (Å²) in [6, 6.07) is 16.5. The number of hydrogen-bond acceptors (Lipinski definition) is 2. The Balaban J connectivity index is 2.11. The van der Waals surface area contributed by atoms with Crippen LogP contribution in [0.4, 0.5) is 0 Å². The SMILES string of the molecule is C=CC/C(=C1\OC(CC=C)c2ccccc21)c1ccc(OC)cc1. The molecule has 1 aliphatic rings. The standard InChI is InChI=1S/C22H22O2/c1-4-8-18(16-12-14-17(23-3)15-13-16)22-20-11-7-6-10-19(20)21(24-22)9-5-2/h4-7,10-15,21H,1-2,8-9H2,3H3/b22-18+. The van der Waals surface area contributed by atoms with Gasteiger partial charge in [0.05, 0.1) is 7.11 Å². The zero-order chi connectivity index (χ0) is 16.9. The van der Waals surface area contributed by atoms with E-state index in [1.165, 1.54) is 5.56 Å². The minimum Gasteiger partial charge on any atom is -0.497 e. The van der Waals surface area contributed by atoms with Gasteiger partial charge in [-0.05, 0) is 24.1 Å². The molecule has 0 saturated heterocycles. The van der Waals surface area contributed by atoms with Gasteiger partial charge in [-0.2, -0.15) is 0 Å². The van der Waals surface area contributed by atoms with Gasteiger partial charge in [-0.25, -0.2) is 0 Å². The van der Waals surface area contributed by atoms with Gasteiger partial charge in [0.1, 0.15) is 17.6 Å². The van der Waals surface area contributed by atoms with Crippen molar-refractivity contribution in [1.29, 1.82) is 0 Å². The third-order valence-electron chi connectivity index (χ3n) is 4.25. The second-order valence-electron chi connectivity index (χ2n) is 5.75. The van der Waals surface area contributed by atoms with Gasteiger partial charge in [0.15, 0.2) is 0 Å². The molecule has 0 radical (unpaired) electrons. The molecule has 0 aliphatic carbocycles. The number of fused-ring (bicyclic) bond motifs is 1. The molecule has 24 heavy (non-hydrogen) atoms. The molecule has 0 saturated carbocycles. The first-order valence-corrected chi connectivity index (χ1v) is 8.13. The molecule has 1 unspecified atom stereocenters. The van der Waals surface area contributed by atoms with Crippen molar-refractivity contribution in [1.82, 2.24) is 0 Å². The maximum atomic E-state index is 6.33. The number of allylic oxidation sites excluding steroid dienone is 2. The summed E-state index contributed by atoms with van der Waals surface area (Å²) >= 11 is 0. The predicted octanol–water partition coefficient (Wildman–Crippen LogP) is 5.79. The van der Waals surface area contributed by atoms with Gasteiger partial charge in [-0.15, -0.1) is 13.2 Å². The molecule has 2 nitrogen and oxygen atoms in total. The Kier molecular flexibility index (Phi) is 4.85. The first kappa shape index (κ1) is 16.1. The molecule has 0 N–H and O–H groups in total. The van der Waals surface area contributed by atoms with Crippen LogP contribution in [0.3, 0.4) is 0 Å². The summed E-state index contributed by atoms with van der Waals surface area (Å²) in [6.45, 7) is 7.77. The van der Waals surface area contributed by atoms with Gasteiger partial charge in [0, 0.05) is 23.1 Å². The van der Waals surface area contributed by atoms with E-state index < -0.39 is 0 Å². The highest BCUT2D eigenvalue weighted by Crippen LogP contribution is 2.44. The summed E-state index contributed by atoms with van der Waals surface area (Å²) in [5.74, 6) is 1.79. The van der Waals surface area contributed by atoms with Crippen LogP contribution in [0.5, 0.6) is 5.75 Å². The molecular formula is C22H22O2. The lowest BCUT2D eigenvalue weighted by Gasteiger charge is -2.14. The molecular weight excluding hydrogens is 296 g/mol. The van der Waals surface area contributed by atoms with E-state index in [0.29, 0.717) is 0 Å². The van der Waals surface area contributed by atoms with Crippen molar-refractivity contribution >= 4 is 11.3 Å². The van der Waals surface area contributed by atoms with Crippen molar-refractivity contribution in [3.05, 3.63) is 90.5 Å². The van der Waals surface area contributed by atoms with Gasteiger partial charge < -0.3 is 9.47 Å². The van der Waals surface area contributed by atoms with Crippen molar-refractivity contribution in [3.63, 3.8) is 0 Å². The zero-order valence-corrected chi connectivity index (χ0v) is 14.0. The van der Waals surface area contributed by atoms with Gasteiger partial charge in [-0.1, -0.05) is 48.6 Å². The summed E-state index contributed by atoms with van der Waals surface area (Å²) in [6.07, 6.45) is 5.40. The van der Waals surface area contributed by atoms with Gasteiger partial charge in [0.2, 0.25) is 0 Å². The number of benzene rings is 2. The number of ether oxygens (including phenoxy) is 2. The molecule has 1 aliphatic heterocycles. The fourth-order valence-corrected chi connectivity index (χ4v) is 3.09. The average molecular weight is 318 g/mol. The van der Waals surface area contributed by atoms with Gasteiger partial charge in [0.25, 0.3) is 0 Å². The van der Waals surface area contributed by atoms with Crippen LogP contribution in [0.25, 0.3) is 11.3 Å². The highest BCUT2D eigenvalue weighted by Gasteiger charge is 2.29. The van der Waals surface area contributed by atoms with Crippen molar-refractivity contribution in [2.24, 2.45) is 0 Å². The van der Waals surface area contributed by atoms with E-state index in [-0.39, 0.29) is 6.10 Å². The van der Waals surface area contributed by atoms with Crippen LogP contribution in [0.1, 0.15) is 35.6 Å². The van der Waals surface area contributed by atoms with E-state index in [0.717, 1.165) is 41.1 Å². The fourth-order valence-electron chi connectivity index (χ4n) is 3.09. The monoisotopic (exact) mass is 318 g/mol. The normalized spacial score (nSPS) is 17.6. The Morgan fingerprint density at radius 3 is 2.50 bits per heavy atom. The van der Waals surface area contributed by atoms with Crippen LogP contribution in [0, 0.1) is 0 Å². The molecule has 0 amide bonds. The quantitative estimate of drug-likeness (QED) is 0.628. The van der Waals surface area contributed by atoms with Crippen LogP contribution in [0.15, 0.2) is 73.8 Å². The molecule has 0 bridgehead atoms. The minimum absolute atomic E-state index is 0.0340. The molecule has 122 valence electrons. The predicted molar refractivity (Wildman–Crippen MR) is 99.7 cm³/mol. The number of hydrogen-bond donors (Lipinski definition) is 0. The smallest absolute Gasteiger partial charge is 0.131 e. The molecule has 0 aromatic heterocycles. The Hall–Kier alpha value is -2.74. The Morgan fingerprint density at radius 1 is 1.08 bits per heavy atom. The Labute approximate surface area is 143 Å². The topological polar surface area (TPSA) is 18.5 Å². The number of rotatable bonds is 6. The second kappa shape index (κ2) is 7.22. The van der Waals surface area contributed by atoms with E-state index in [9.17, 15) is 0 Å². The van der Waals surface area contributed by atoms with Crippen molar-refractivity contribution in [2.45, 2.75) is 18.9 Å². The van der Waals surface area contributed by atoms with Crippen LogP contribution in [-0.2, 0) is 4.74 Å². The first-order chi connectivity index (χ1) is 11.8. The van der Waals surface area contributed by atoms with Crippen molar-refractivity contribution in [3.8, 4) is 5.75 Å². The molecule has 2 aromatic rings. The largest absolute Gasteiger partial charge is 0.497 e. The summed E-state index contributed by atoms with van der Waals surface area (Å²) in [5.41, 5.74) is 4.66. The molecule has 0 fully saturated rings. The summed E-state index contributed by atoms with van der Waals surface area (Å²) < 4.78 is 11.6. The summed E-state index contributed by atoms with van der Waals surface area (Å²) in [5, 5.41) is 0. The lowest BCUT2D eigenvalue weighted by Crippen LogP contribution is -1.94. The number of methoxy groups -OCH3 is 1. The summed E-state index contributed by atoms with van der Waals surface area (Å²) in [4.78, 5) is 0. The van der Waals surface area contributed by atoms with Crippen molar-refractivity contribution in [2.75, 3.05) is 7.11 Å². The van der Waals surface area contributed by atoms with Crippen LogP contribution in [-0.4, -0.2) is 7.11 Å². The van der Waals surface area contributed by atoms with E-state index in [1.807, 2.05) is 24.3 Å². The molecule has 0 spiro atoms. The zero-order valence-electron chi connectivity index (χ0n) is 14.0. The van der Waals surface area contributed by atoms with Crippen LogP contribution in [0.2, 0.25) is 0 Å². The third kappa shape index (κ3) is 3.00. The van der Waals surface area contributed by atoms with E-state index in [2.05, 4.69) is 49.6 Å². The molecule has 2 aromatic carbocycles. The van der Waals surface area contributed by atoms with E-state index in [1.54, 1.807) is 7.11 Å². The molecule has 3 rings (SSSR count). The fraction of sp³-hybridized carbons (Fsp3) is 0.182. The molecule has 1 heterocycles. The first-order valence-electron chi connectivity index (χ1n) is 8.13. The highest BCUT2D eigenvalue weighted by molar-refractivity contribution is 5.90. The van der Waals surface area contributed by atoms with Gasteiger partial charge in [-0.3, -0.25) is 0 Å². The highest BCUT2D eigenvalue weighted by atomic mass is 16.5. The van der Waals surface area contributed by atoms with Gasteiger partial charge >= 0.3 is 0 Å². The average Bonchev–Trinajstić information content (AvgIpc) is 2.99. The van der Waals surface area contributed by atoms with Crippen molar-refractivity contribution < 1.29 is 9.47 Å². The molecule has 1 atom stereocenters.